The van der Waals surface area contributed by atoms with Crippen LogP contribution in [-0.4, -0.2) is 33.3 Å². The van der Waals surface area contributed by atoms with Crippen LogP contribution in [0.15, 0.2) is 64.6 Å². The van der Waals surface area contributed by atoms with Gasteiger partial charge in [-0.15, -0.1) is 11.8 Å². The summed E-state index contributed by atoms with van der Waals surface area (Å²) >= 11 is 1.94. The Morgan fingerprint density at radius 1 is 1.17 bits per heavy atom. The molecule has 6 atom stereocenters. The van der Waals surface area contributed by atoms with Crippen LogP contribution in [0, 0.1) is 23.2 Å². The number of aliphatic hydroxyl groups excluding tert-OH is 2. The quantitative estimate of drug-likeness (QED) is 0.380. The maximum Gasteiger partial charge on any atom is 0.0840 e. The highest BCUT2D eigenvalue weighted by atomic mass is 32.2. The van der Waals surface area contributed by atoms with Gasteiger partial charge in [-0.05, 0) is 104 Å². The highest BCUT2D eigenvalue weighted by Crippen LogP contribution is 2.59. The molecule has 4 rings (SSSR count). The summed E-state index contributed by atoms with van der Waals surface area (Å²) in [5, 5.41) is 30.5. The number of allylic oxidation sites excluding steroid dienone is 3. The van der Waals surface area contributed by atoms with Crippen molar-refractivity contribution in [2.24, 2.45) is 23.2 Å². The first-order chi connectivity index (χ1) is 16.5. The maximum absolute atomic E-state index is 10.2. The minimum Gasteiger partial charge on any atom is -0.393 e. The van der Waals surface area contributed by atoms with Gasteiger partial charge >= 0.3 is 0 Å². The first-order valence-electron chi connectivity index (χ1n) is 13.4. The standard InChI is InChI=1S/C31H44O3S/c1-20(19-35-26-12-10-24(11-13-26)30(3,4)34)27-14-15-28-22(7-6-16-31(27,28)5)8-9-23-17-25(32)18-29(33)21(23)2/h8-13,20,25,27-29,32-34H,2,6-7,14-19H2,1,3-5H3/b22-8+,23-9-/t20-,25+,27?,28-,29-,31+/m0/s1. The van der Waals surface area contributed by atoms with Gasteiger partial charge in [0.2, 0.25) is 0 Å². The fourth-order valence-corrected chi connectivity index (χ4v) is 8.00. The predicted molar refractivity (Wildman–Crippen MR) is 146 cm³/mol. The first kappa shape index (κ1) is 26.7. The summed E-state index contributed by atoms with van der Waals surface area (Å²) in [6, 6.07) is 8.38. The lowest BCUT2D eigenvalue weighted by Crippen LogP contribution is -2.36. The van der Waals surface area contributed by atoms with Crippen molar-refractivity contribution in [3.8, 4) is 0 Å². The van der Waals surface area contributed by atoms with Crippen LogP contribution in [0.2, 0.25) is 0 Å². The fourth-order valence-electron chi connectivity index (χ4n) is 6.98. The second-order valence-electron chi connectivity index (χ2n) is 12.0. The molecule has 3 nitrogen and oxygen atoms in total. The summed E-state index contributed by atoms with van der Waals surface area (Å²) in [5.41, 5.74) is 3.84. The van der Waals surface area contributed by atoms with E-state index in [2.05, 4.69) is 44.7 Å². The summed E-state index contributed by atoms with van der Waals surface area (Å²) in [7, 11) is 0. The Morgan fingerprint density at radius 2 is 1.89 bits per heavy atom. The number of hydrogen-bond donors (Lipinski definition) is 3. The van der Waals surface area contributed by atoms with E-state index in [0.29, 0.717) is 30.1 Å². The van der Waals surface area contributed by atoms with E-state index < -0.39 is 17.8 Å². The molecule has 1 aromatic rings. The summed E-state index contributed by atoms with van der Waals surface area (Å²) < 4.78 is 0. The summed E-state index contributed by atoms with van der Waals surface area (Å²) in [4.78, 5) is 1.28. The zero-order chi connectivity index (χ0) is 25.4. The minimum atomic E-state index is -0.796. The first-order valence-corrected chi connectivity index (χ1v) is 14.4. The van der Waals surface area contributed by atoms with Gasteiger partial charge in [0.15, 0.2) is 0 Å². The third kappa shape index (κ3) is 5.82. The molecular formula is C31H44O3S. The van der Waals surface area contributed by atoms with Crippen molar-refractivity contribution in [3.63, 3.8) is 0 Å². The normalized spacial score (nSPS) is 34.9. The van der Waals surface area contributed by atoms with Crippen LogP contribution >= 0.6 is 11.8 Å². The van der Waals surface area contributed by atoms with Crippen molar-refractivity contribution in [1.82, 2.24) is 0 Å². The minimum absolute atomic E-state index is 0.343. The molecule has 3 saturated carbocycles. The molecule has 0 saturated heterocycles. The zero-order valence-corrected chi connectivity index (χ0v) is 22.8. The molecule has 0 radical (unpaired) electrons. The monoisotopic (exact) mass is 496 g/mol. The van der Waals surface area contributed by atoms with Gasteiger partial charge in [-0.25, -0.2) is 0 Å². The van der Waals surface area contributed by atoms with Gasteiger partial charge in [0.25, 0.3) is 0 Å². The molecule has 35 heavy (non-hydrogen) atoms. The van der Waals surface area contributed by atoms with E-state index in [9.17, 15) is 15.3 Å². The molecule has 3 aliphatic carbocycles. The van der Waals surface area contributed by atoms with E-state index in [1.165, 1.54) is 30.6 Å². The molecule has 0 heterocycles. The average Bonchev–Trinajstić information content (AvgIpc) is 3.16. The largest absolute Gasteiger partial charge is 0.393 e. The molecular weight excluding hydrogens is 452 g/mol. The number of benzene rings is 1. The van der Waals surface area contributed by atoms with Crippen LogP contribution in [0.4, 0.5) is 0 Å². The average molecular weight is 497 g/mol. The van der Waals surface area contributed by atoms with E-state index in [-0.39, 0.29) is 0 Å². The van der Waals surface area contributed by atoms with Crippen LogP contribution < -0.4 is 0 Å². The number of aliphatic hydroxyl groups is 3. The SMILES string of the molecule is C=C1/C(=C\C=C2/CCC[C@]3(C)C([C@@H](C)CSc4ccc(C(C)(C)O)cc4)CC[C@@H]23)C[C@@H](O)C[C@@H]1O. The van der Waals surface area contributed by atoms with Crippen LogP contribution in [0.1, 0.15) is 78.2 Å². The summed E-state index contributed by atoms with van der Waals surface area (Å²) in [5.74, 6) is 3.11. The number of thioether (sulfide) groups is 1. The molecule has 1 unspecified atom stereocenters. The molecule has 1 aromatic carbocycles. The molecule has 3 aliphatic rings. The smallest absolute Gasteiger partial charge is 0.0840 e. The van der Waals surface area contributed by atoms with Crippen molar-refractivity contribution in [3.05, 3.63) is 65.3 Å². The van der Waals surface area contributed by atoms with Crippen LogP contribution in [-0.2, 0) is 5.60 Å². The van der Waals surface area contributed by atoms with Crippen molar-refractivity contribution >= 4 is 11.8 Å². The maximum atomic E-state index is 10.2. The van der Waals surface area contributed by atoms with E-state index >= 15 is 0 Å². The van der Waals surface area contributed by atoms with Crippen molar-refractivity contribution in [1.29, 1.82) is 0 Å². The van der Waals surface area contributed by atoms with E-state index in [1.54, 1.807) is 5.57 Å². The topological polar surface area (TPSA) is 60.7 Å². The molecule has 3 N–H and O–H groups in total. The third-order valence-corrected chi connectivity index (χ3v) is 10.4. The highest BCUT2D eigenvalue weighted by molar-refractivity contribution is 7.99. The zero-order valence-electron chi connectivity index (χ0n) is 22.0. The van der Waals surface area contributed by atoms with Gasteiger partial charge in [-0.3, -0.25) is 0 Å². The Morgan fingerprint density at radius 3 is 2.57 bits per heavy atom. The van der Waals surface area contributed by atoms with Gasteiger partial charge in [-0.2, -0.15) is 0 Å². The Kier molecular flexibility index (Phi) is 8.07. The second-order valence-corrected chi connectivity index (χ2v) is 13.1. The Balaban J connectivity index is 1.42. The van der Waals surface area contributed by atoms with Crippen LogP contribution in [0.25, 0.3) is 0 Å². The van der Waals surface area contributed by atoms with Crippen LogP contribution in [0.5, 0.6) is 0 Å². The number of fused-ring (bicyclic) bond motifs is 1. The Labute approximate surface area is 216 Å². The predicted octanol–water partition coefficient (Wildman–Crippen LogP) is 6.78. The summed E-state index contributed by atoms with van der Waals surface area (Å²) in [6.07, 6.45) is 10.6. The summed E-state index contributed by atoms with van der Waals surface area (Å²) in [6.45, 7) is 12.7. The second kappa shape index (κ2) is 10.6. The molecule has 0 spiro atoms. The molecule has 0 aliphatic heterocycles. The van der Waals surface area contributed by atoms with Crippen LogP contribution in [0.3, 0.4) is 0 Å². The van der Waals surface area contributed by atoms with Crippen molar-refractivity contribution < 1.29 is 15.3 Å². The highest BCUT2D eigenvalue weighted by Gasteiger charge is 2.50. The lowest BCUT2D eigenvalue weighted by Gasteiger charge is -2.44. The number of rotatable bonds is 6. The number of hydrogen-bond acceptors (Lipinski definition) is 4. The van der Waals surface area contributed by atoms with E-state index in [0.717, 1.165) is 34.8 Å². The van der Waals surface area contributed by atoms with Gasteiger partial charge < -0.3 is 15.3 Å². The lowest BCUT2D eigenvalue weighted by atomic mass is 9.61. The van der Waals surface area contributed by atoms with Crippen molar-refractivity contribution in [2.75, 3.05) is 5.75 Å². The Bertz CT molecular complexity index is 970. The molecule has 192 valence electrons. The fraction of sp³-hybridized carbons (Fsp3) is 0.613. The lowest BCUT2D eigenvalue weighted by molar-refractivity contribution is 0.0785. The third-order valence-electron chi connectivity index (χ3n) is 9.06. The van der Waals surface area contributed by atoms with Gasteiger partial charge in [0.05, 0.1) is 17.8 Å². The molecule has 0 aromatic heterocycles. The molecule has 4 heteroatoms. The van der Waals surface area contributed by atoms with Gasteiger partial charge in [0, 0.05) is 17.1 Å². The van der Waals surface area contributed by atoms with Crippen molar-refractivity contribution in [2.45, 2.75) is 95.3 Å². The molecule has 0 amide bonds. The van der Waals surface area contributed by atoms with E-state index in [1.807, 2.05) is 37.7 Å². The van der Waals surface area contributed by atoms with Gasteiger partial charge in [-0.1, -0.05) is 50.3 Å². The Hall–Kier alpha value is -1.33. The van der Waals surface area contributed by atoms with E-state index in [4.69, 9.17) is 0 Å². The van der Waals surface area contributed by atoms with Gasteiger partial charge in [0.1, 0.15) is 0 Å². The molecule has 3 fully saturated rings. The molecule has 0 bridgehead atoms.